The average Bonchev–Trinajstić information content (AvgIpc) is 2.96. The van der Waals surface area contributed by atoms with Crippen molar-refractivity contribution in [2.45, 2.75) is 11.4 Å². The highest BCUT2D eigenvalue weighted by atomic mass is 32.2. The number of hydrogen-bond donors (Lipinski definition) is 1. The fourth-order valence-electron chi connectivity index (χ4n) is 2.99. The largest absolute Gasteiger partial charge is 0.280 e. The molecule has 0 saturated carbocycles. The second-order valence-corrected chi connectivity index (χ2v) is 8.15. The molecule has 2 aromatic carbocycles. The summed E-state index contributed by atoms with van der Waals surface area (Å²) >= 11 is 0. The number of imide groups is 1. The van der Waals surface area contributed by atoms with Crippen LogP contribution in [0.25, 0.3) is 0 Å². The van der Waals surface area contributed by atoms with Gasteiger partial charge in [-0.25, -0.2) is 17.2 Å². The van der Waals surface area contributed by atoms with Crippen LogP contribution in [0.5, 0.6) is 0 Å². The van der Waals surface area contributed by atoms with Gasteiger partial charge in [0, 0.05) is 12.3 Å². The van der Waals surface area contributed by atoms with E-state index in [0.717, 1.165) is 17.0 Å². The highest BCUT2D eigenvalue weighted by Gasteiger charge is 2.36. The molecule has 1 aliphatic heterocycles. The van der Waals surface area contributed by atoms with Gasteiger partial charge in [0.1, 0.15) is 17.3 Å². The van der Waals surface area contributed by atoms with E-state index in [1.807, 2.05) is 0 Å². The van der Waals surface area contributed by atoms with Gasteiger partial charge in [-0.05, 0) is 42.0 Å². The molecule has 2 heterocycles. The van der Waals surface area contributed by atoms with Gasteiger partial charge in [-0.2, -0.15) is 0 Å². The number of halogens is 2. The molecule has 0 unspecified atom stereocenters. The number of pyridine rings is 1. The van der Waals surface area contributed by atoms with E-state index in [0.29, 0.717) is 11.6 Å². The smallest absolute Gasteiger partial charge is 0.277 e. The summed E-state index contributed by atoms with van der Waals surface area (Å²) in [7, 11) is -4.13. The molecular formula is C20H13F2N3O4S. The number of amides is 2. The minimum atomic E-state index is -4.13. The van der Waals surface area contributed by atoms with E-state index >= 15 is 0 Å². The molecule has 30 heavy (non-hydrogen) atoms. The van der Waals surface area contributed by atoms with Crippen molar-refractivity contribution in [2.24, 2.45) is 0 Å². The number of carbonyl (C=O) groups is 2. The van der Waals surface area contributed by atoms with Gasteiger partial charge < -0.3 is 0 Å². The summed E-state index contributed by atoms with van der Waals surface area (Å²) in [6, 6.07) is 10.9. The summed E-state index contributed by atoms with van der Waals surface area (Å²) in [6.45, 7) is -0.0611. The number of sulfonamides is 1. The summed E-state index contributed by atoms with van der Waals surface area (Å²) in [5.74, 6) is -2.88. The predicted molar refractivity (Wildman–Crippen MR) is 102 cm³/mol. The van der Waals surface area contributed by atoms with Crippen LogP contribution >= 0.6 is 0 Å². The summed E-state index contributed by atoms with van der Waals surface area (Å²) in [5.41, 5.74) is 0.412. The molecule has 0 radical (unpaired) electrons. The Balaban J connectivity index is 1.52. The molecule has 4 rings (SSSR count). The highest BCUT2D eigenvalue weighted by molar-refractivity contribution is 7.92. The van der Waals surface area contributed by atoms with Crippen LogP contribution in [0.2, 0.25) is 0 Å². The number of fused-ring (bicyclic) bond motifs is 1. The maximum Gasteiger partial charge on any atom is 0.280 e. The van der Waals surface area contributed by atoms with Crippen molar-refractivity contribution in [1.29, 1.82) is 0 Å². The lowest BCUT2D eigenvalue weighted by Crippen LogP contribution is -2.29. The average molecular weight is 429 g/mol. The first kappa shape index (κ1) is 19.6. The first-order valence-electron chi connectivity index (χ1n) is 8.64. The quantitative estimate of drug-likeness (QED) is 0.629. The molecule has 2 amide bonds. The Morgan fingerprint density at radius 3 is 2.37 bits per heavy atom. The van der Waals surface area contributed by atoms with Crippen LogP contribution in [0.15, 0.2) is 65.7 Å². The summed E-state index contributed by atoms with van der Waals surface area (Å²) in [6.07, 6.45) is 1.42. The van der Waals surface area contributed by atoms with E-state index in [1.165, 1.54) is 36.5 Å². The molecule has 10 heteroatoms. The minimum absolute atomic E-state index is 0.0611. The highest BCUT2D eigenvalue weighted by Crippen LogP contribution is 2.24. The van der Waals surface area contributed by atoms with Crippen molar-refractivity contribution in [1.82, 2.24) is 9.88 Å². The Morgan fingerprint density at radius 1 is 0.967 bits per heavy atom. The zero-order valence-electron chi connectivity index (χ0n) is 15.2. The van der Waals surface area contributed by atoms with E-state index in [-0.39, 0.29) is 28.4 Å². The standard InChI is InChI=1S/C20H13F2N3O4S/c21-13-5-8-17(16(22)10-13)24-30(28,29)14-6-3-12(4-7-14)11-25-19(26)15-2-1-9-23-18(15)20(25)27/h1-10,24H,11H2. The molecule has 152 valence electrons. The molecule has 1 N–H and O–H groups in total. The molecule has 0 bridgehead atoms. The van der Waals surface area contributed by atoms with Gasteiger partial charge in [0.05, 0.1) is 22.7 Å². The van der Waals surface area contributed by atoms with Crippen LogP contribution in [0.1, 0.15) is 26.4 Å². The maximum atomic E-state index is 13.7. The number of hydrogen-bond acceptors (Lipinski definition) is 5. The van der Waals surface area contributed by atoms with Gasteiger partial charge in [-0.15, -0.1) is 0 Å². The van der Waals surface area contributed by atoms with Crippen LogP contribution < -0.4 is 4.72 Å². The lowest BCUT2D eigenvalue weighted by Gasteiger charge is -2.14. The Morgan fingerprint density at radius 2 is 1.70 bits per heavy atom. The van der Waals surface area contributed by atoms with Crippen LogP contribution in [-0.2, 0) is 16.6 Å². The lowest BCUT2D eigenvalue weighted by molar-refractivity contribution is 0.0640. The fourth-order valence-corrected chi connectivity index (χ4v) is 4.06. The van der Waals surface area contributed by atoms with Crippen LogP contribution in [0.4, 0.5) is 14.5 Å². The zero-order valence-corrected chi connectivity index (χ0v) is 16.0. The zero-order chi connectivity index (χ0) is 21.5. The summed E-state index contributed by atoms with van der Waals surface area (Å²) in [4.78, 5) is 29.5. The molecule has 0 spiro atoms. The van der Waals surface area contributed by atoms with Gasteiger partial charge in [0.15, 0.2) is 0 Å². The second kappa shape index (κ2) is 7.30. The summed E-state index contributed by atoms with van der Waals surface area (Å²) < 4.78 is 53.7. The van der Waals surface area contributed by atoms with Crippen molar-refractivity contribution < 1.29 is 26.8 Å². The molecule has 0 atom stereocenters. The molecular weight excluding hydrogens is 416 g/mol. The first-order chi connectivity index (χ1) is 14.3. The molecule has 7 nitrogen and oxygen atoms in total. The van der Waals surface area contributed by atoms with Gasteiger partial charge in [-0.1, -0.05) is 12.1 Å². The number of anilines is 1. The first-order valence-corrected chi connectivity index (χ1v) is 10.1. The Kier molecular flexibility index (Phi) is 4.78. The third-order valence-electron chi connectivity index (χ3n) is 4.48. The molecule has 0 saturated heterocycles. The van der Waals surface area contributed by atoms with Crippen molar-refractivity contribution >= 4 is 27.5 Å². The third-order valence-corrected chi connectivity index (χ3v) is 5.86. The van der Waals surface area contributed by atoms with Crippen LogP contribution in [-0.4, -0.2) is 30.1 Å². The van der Waals surface area contributed by atoms with Crippen molar-refractivity contribution in [2.75, 3.05) is 4.72 Å². The number of carbonyl (C=O) groups excluding carboxylic acids is 2. The fraction of sp³-hybridized carbons (Fsp3) is 0.0500. The number of nitrogens with one attached hydrogen (secondary N) is 1. The Labute approximate surface area is 170 Å². The van der Waals surface area contributed by atoms with E-state index in [9.17, 15) is 26.8 Å². The maximum absolute atomic E-state index is 13.7. The van der Waals surface area contributed by atoms with Gasteiger partial charge in [0.2, 0.25) is 0 Å². The second-order valence-electron chi connectivity index (χ2n) is 6.47. The van der Waals surface area contributed by atoms with Crippen LogP contribution in [0, 0.1) is 11.6 Å². The Bertz CT molecular complexity index is 1240. The predicted octanol–water partition coefficient (Wildman–Crippen LogP) is 2.96. The number of benzene rings is 2. The number of aromatic nitrogens is 1. The molecule has 0 aliphatic carbocycles. The lowest BCUT2D eigenvalue weighted by atomic mass is 10.2. The van der Waals surface area contributed by atoms with E-state index in [1.54, 1.807) is 6.07 Å². The van der Waals surface area contributed by atoms with Gasteiger partial charge >= 0.3 is 0 Å². The van der Waals surface area contributed by atoms with E-state index in [4.69, 9.17) is 0 Å². The van der Waals surface area contributed by atoms with E-state index in [2.05, 4.69) is 9.71 Å². The van der Waals surface area contributed by atoms with Gasteiger partial charge in [-0.3, -0.25) is 24.2 Å². The molecule has 1 aliphatic rings. The van der Waals surface area contributed by atoms with Crippen LogP contribution in [0.3, 0.4) is 0 Å². The minimum Gasteiger partial charge on any atom is -0.277 e. The third kappa shape index (κ3) is 3.52. The van der Waals surface area contributed by atoms with Crippen molar-refractivity contribution in [3.05, 3.63) is 89.2 Å². The number of rotatable bonds is 5. The van der Waals surface area contributed by atoms with E-state index < -0.39 is 33.5 Å². The molecule has 0 fully saturated rings. The topological polar surface area (TPSA) is 96.4 Å². The molecule has 1 aromatic heterocycles. The SMILES string of the molecule is O=C1c2cccnc2C(=O)N1Cc1ccc(S(=O)(=O)Nc2ccc(F)cc2F)cc1. The normalized spacial score (nSPS) is 13.5. The molecule has 3 aromatic rings. The number of nitrogens with zero attached hydrogens (tertiary/aromatic N) is 2. The monoisotopic (exact) mass is 429 g/mol. The van der Waals surface area contributed by atoms with Crippen molar-refractivity contribution in [3.63, 3.8) is 0 Å². The Hall–Kier alpha value is -3.66. The van der Waals surface area contributed by atoms with Gasteiger partial charge in [0.25, 0.3) is 21.8 Å². The van der Waals surface area contributed by atoms with Crippen molar-refractivity contribution in [3.8, 4) is 0 Å². The summed E-state index contributed by atoms with van der Waals surface area (Å²) in [5, 5.41) is 0.